The van der Waals surface area contributed by atoms with Crippen LogP contribution in [0.4, 0.5) is 0 Å². The Hall–Kier alpha value is -0.370. The lowest BCUT2D eigenvalue weighted by Gasteiger charge is -1.96. The number of hydrogen-bond acceptors (Lipinski definition) is 2. The average molecular weight is 113 g/mol. The third kappa shape index (κ3) is 1.07. The Labute approximate surface area is 49.1 Å². The predicted molar refractivity (Wildman–Crippen MR) is 31.4 cm³/mol. The van der Waals surface area contributed by atoms with E-state index in [0.717, 1.165) is 25.5 Å². The summed E-state index contributed by atoms with van der Waals surface area (Å²) in [5.74, 6) is 0.269. The number of rotatable bonds is 1. The normalized spacial score (nSPS) is 37.6. The minimum Gasteiger partial charge on any atom is -0.328 e. The molecule has 0 radical (unpaired) electrons. The molecule has 46 valence electrons. The molecule has 0 saturated heterocycles. The highest BCUT2D eigenvalue weighted by atomic mass is 16.1. The first-order valence-corrected chi connectivity index (χ1v) is 3.04. The standard InChI is InChI=1S/C6H11NO/c7-6-2-1-5(3-6)4-8/h4-6H,1-3,7H2/t5-,6+/m0/s1. The minimum absolute atomic E-state index is 0.269. The van der Waals surface area contributed by atoms with Crippen molar-refractivity contribution in [3.8, 4) is 0 Å². The van der Waals surface area contributed by atoms with Crippen molar-refractivity contribution in [3.05, 3.63) is 0 Å². The second-order valence-corrected chi connectivity index (χ2v) is 2.47. The molecular weight excluding hydrogens is 102 g/mol. The van der Waals surface area contributed by atoms with Crippen LogP contribution in [0.15, 0.2) is 0 Å². The number of hydrogen-bond donors (Lipinski definition) is 1. The molecule has 0 spiro atoms. The lowest BCUT2D eigenvalue weighted by Crippen LogP contribution is -2.14. The van der Waals surface area contributed by atoms with E-state index in [1.165, 1.54) is 0 Å². The van der Waals surface area contributed by atoms with Crippen molar-refractivity contribution in [2.24, 2.45) is 11.7 Å². The molecule has 0 aromatic carbocycles. The second kappa shape index (κ2) is 2.27. The van der Waals surface area contributed by atoms with Crippen molar-refractivity contribution in [1.29, 1.82) is 0 Å². The third-order valence-electron chi connectivity index (χ3n) is 1.71. The minimum atomic E-state index is 0.269. The van der Waals surface area contributed by atoms with Crippen molar-refractivity contribution in [1.82, 2.24) is 0 Å². The van der Waals surface area contributed by atoms with E-state index < -0.39 is 0 Å². The van der Waals surface area contributed by atoms with Gasteiger partial charge in [0.15, 0.2) is 0 Å². The highest BCUT2D eigenvalue weighted by Gasteiger charge is 2.20. The summed E-state index contributed by atoms with van der Waals surface area (Å²) in [6, 6.07) is 0.296. The van der Waals surface area contributed by atoms with Crippen LogP contribution in [0.3, 0.4) is 0 Å². The molecule has 1 aliphatic carbocycles. The smallest absolute Gasteiger partial charge is 0.123 e. The van der Waals surface area contributed by atoms with Gasteiger partial charge in [-0.3, -0.25) is 0 Å². The Bertz CT molecular complexity index is 92.5. The number of carbonyl (C=O) groups excluding carboxylic acids is 1. The summed E-state index contributed by atoms with van der Waals surface area (Å²) in [7, 11) is 0. The van der Waals surface area contributed by atoms with Crippen LogP contribution in [-0.2, 0) is 4.79 Å². The summed E-state index contributed by atoms with van der Waals surface area (Å²) < 4.78 is 0. The monoisotopic (exact) mass is 113 g/mol. The number of carbonyl (C=O) groups is 1. The number of nitrogens with two attached hydrogens (primary N) is 1. The molecule has 0 bridgehead atoms. The topological polar surface area (TPSA) is 43.1 Å². The van der Waals surface area contributed by atoms with E-state index in [0.29, 0.717) is 6.04 Å². The summed E-state index contributed by atoms with van der Waals surface area (Å²) in [5, 5.41) is 0. The van der Waals surface area contributed by atoms with Crippen molar-refractivity contribution < 1.29 is 4.79 Å². The highest BCUT2D eigenvalue weighted by molar-refractivity contribution is 5.54. The summed E-state index contributed by atoms with van der Waals surface area (Å²) in [6.45, 7) is 0. The Kier molecular flexibility index (Phi) is 1.63. The van der Waals surface area contributed by atoms with Crippen molar-refractivity contribution in [2.45, 2.75) is 25.3 Å². The summed E-state index contributed by atoms with van der Waals surface area (Å²) in [4.78, 5) is 10.1. The maximum absolute atomic E-state index is 10.1. The van der Waals surface area contributed by atoms with Gasteiger partial charge in [0.2, 0.25) is 0 Å². The van der Waals surface area contributed by atoms with Crippen LogP contribution in [0.25, 0.3) is 0 Å². The maximum atomic E-state index is 10.1. The molecule has 0 unspecified atom stereocenters. The van der Waals surface area contributed by atoms with E-state index in [-0.39, 0.29) is 5.92 Å². The van der Waals surface area contributed by atoms with Crippen LogP contribution >= 0.6 is 0 Å². The van der Waals surface area contributed by atoms with Gasteiger partial charge >= 0.3 is 0 Å². The summed E-state index contributed by atoms with van der Waals surface area (Å²) >= 11 is 0. The van der Waals surface area contributed by atoms with Crippen LogP contribution in [-0.4, -0.2) is 12.3 Å². The fourth-order valence-corrected chi connectivity index (χ4v) is 1.18. The molecule has 1 saturated carbocycles. The van der Waals surface area contributed by atoms with E-state index in [2.05, 4.69) is 0 Å². The van der Waals surface area contributed by atoms with E-state index in [4.69, 9.17) is 5.73 Å². The largest absolute Gasteiger partial charge is 0.328 e. The van der Waals surface area contributed by atoms with Gasteiger partial charge in [-0.2, -0.15) is 0 Å². The van der Waals surface area contributed by atoms with E-state index in [1.54, 1.807) is 0 Å². The molecule has 2 atom stereocenters. The zero-order valence-electron chi connectivity index (χ0n) is 4.84. The highest BCUT2D eigenvalue weighted by Crippen LogP contribution is 2.21. The fraction of sp³-hybridized carbons (Fsp3) is 0.833. The SMILES string of the molecule is N[C@@H]1CC[C@H](C=O)C1. The molecule has 1 aliphatic rings. The quantitative estimate of drug-likeness (QED) is 0.497. The Morgan fingerprint density at radius 1 is 1.50 bits per heavy atom. The molecule has 0 aromatic rings. The van der Waals surface area contributed by atoms with E-state index in [9.17, 15) is 4.79 Å². The average Bonchev–Trinajstić information content (AvgIpc) is 2.14. The van der Waals surface area contributed by atoms with Crippen LogP contribution in [0.1, 0.15) is 19.3 Å². The van der Waals surface area contributed by atoms with E-state index >= 15 is 0 Å². The van der Waals surface area contributed by atoms with Gasteiger partial charge in [-0.1, -0.05) is 0 Å². The van der Waals surface area contributed by atoms with Gasteiger partial charge < -0.3 is 10.5 Å². The summed E-state index contributed by atoms with van der Waals surface area (Å²) in [6.07, 6.45) is 3.96. The molecule has 1 rings (SSSR count). The lowest BCUT2D eigenvalue weighted by molar-refractivity contribution is -0.110. The van der Waals surface area contributed by atoms with Crippen molar-refractivity contribution in [2.75, 3.05) is 0 Å². The van der Waals surface area contributed by atoms with Crippen LogP contribution < -0.4 is 5.73 Å². The van der Waals surface area contributed by atoms with Crippen molar-refractivity contribution >= 4 is 6.29 Å². The van der Waals surface area contributed by atoms with Crippen LogP contribution in [0.2, 0.25) is 0 Å². The first kappa shape index (κ1) is 5.76. The molecule has 0 aliphatic heterocycles. The molecule has 2 heteroatoms. The van der Waals surface area contributed by atoms with Gasteiger partial charge in [-0.25, -0.2) is 0 Å². The molecule has 2 N–H and O–H groups in total. The Morgan fingerprint density at radius 2 is 2.25 bits per heavy atom. The van der Waals surface area contributed by atoms with Crippen LogP contribution in [0.5, 0.6) is 0 Å². The second-order valence-electron chi connectivity index (χ2n) is 2.47. The van der Waals surface area contributed by atoms with Gasteiger partial charge in [0, 0.05) is 12.0 Å². The Balaban J connectivity index is 2.32. The third-order valence-corrected chi connectivity index (χ3v) is 1.71. The van der Waals surface area contributed by atoms with Gasteiger partial charge in [0.25, 0.3) is 0 Å². The maximum Gasteiger partial charge on any atom is 0.123 e. The first-order valence-electron chi connectivity index (χ1n) is 3.04. The predicted octanol–water partition coefficient (Wildman–Crippen LogP) is 0.313. The van der Waals surface area contributed by atoms with E-state index in [1.807, 2.05) is 0 Å². The fourth-order valence-electron chi connectivity index (χ4n) is 1.18. The van der Waals surface area contributed by atoms with Gasteiger partial charge in [-0.05, 0) is 19.3 Å². The lowest BCUT2D eigenvalue weighted by atomic mass is 10.1. The molecule has 1 fully saturated rings. The molecule has 0 amide bonds. The van der Waals surface area contributed by atoms with Gasteiger partial charge in [0.05, 0.1) is 0 Å². The molecule has 2 nitrogen and oxygen atoms in total. The molecule has 0 heterocycles. The zero-order chi connectivity index (χ0) is 5.98. The molecule has 0 aromatic heterocycles. The number of aldehydes is 1. The van der Waals surface area contributed by atoms with Crippen molar-refractivity contribution in [3.63, 3.8) is 0 Å². The van der Waals surface area contributed by atoms with Gasteiger partial charge in [-0.15, -0.1) is 0 Å². The Morgan fingerprint density at radius 3 is 2.50 bits per heavy atom. The first-order chi connectivity index (χ1) is 3.83. The molecule has 8 heavy (non-hydrogen) atoms. The van der Waals surface area contributed by atoms with Gasteiger partial charge in [0.1, 0.15) is 6.29 Å². The summed E-state index contributed by atoms with van der Waals surface area (Å²) in [5.41, 5.74) is 5.54. The van der Waals surface area contributed by atoms with Crippen LogP contribution in [0, 0.1) is 5.92 Å². The zero-order valence-corrected chi connectivity index (χ0v) is 4.84. The molecular formula is C6H11NO.